The van der Waals surface area contributed by atoms with Gasteiger partial charge in [-0.05, 0) is 41.7 Å². The minimum absolute atomic E-state index is 0.0446. The summed E-state index contributed by atoms with van der Waals surface area (Å²) in [5, 5.41) is -0.412. The van der Waals surface area contributed by atoms with Gasteiger partial charge in [-0.15, -0.1) is 0 Å². The monoisotopic (exact) mass is 449 g/mol. The third kappa shape index (κ3) is 5.34. The molecular formula is C22H22F3N3O2S. The maximum absolute atomic E-state index is 13.2. The first-order valence-corrected chi connectivity index (χ1v) is 11.3. The van der Waals surface area contributed by atoms with Crippen LogP contribution in [0.2, 0.25) is 0 Å². The summed E-state index contributed by atoms with van der Waals surface area (Å²) in [6.07, 6.45) is -0.255. The average molecular weight is 449 g/mol. The quantitative estimate of drug-likeness (QED) is 0.417. The maximum Gasteiger partial charge on any atom is 0.433 e. The molecule has 164 valence electrons. The lowest BCUT2D eigenvalue weighted by Crippen LogP contribution is -2.20. The van der Waals surface area contributed by atoms with Gasteiger partial charge in [0.15, 0.2) is 5.69 Å². The largest absolute Gasteiger partial charge is 0.609 e. The van der Waals surface area contributed by atoms with Crippen LogP contribution in [0.25, 0.3) is 11.3 Å². The lowest BCUT2D eigenvalue weighted by molar-refractivity contribution is -0.141. The topological polar surface area (TPSA) is 70.8 Å². The first kappa shape index (κ1) is 23.0. The zero-order valence-corrected chi connectivity index (χ0v) is 18.2. The standard InChI is InChI=1S/C22H22F3N3O2S/c1-4-15-7-6-14(10-16(15)5-2)12-28-13-17(8-9-20(28)29)18-11-19(22(23,24)25)27-21(26-18)31(3)30/h6-11,13H,4-5,12H2,1-3H3. The Balaban J connectivity index is 2.04. The zero-order valence-electron chi connectivity index (χ0n) is 17.4. The highest BCUT2D eigenvalue weighted by Crippen LogP contribution is 2.30. The maximum atomic E-state index is 13.2. The molecule has 9 heteroatoms. The lowest BCUT2D eigenvalue weighted by Gasteiger charge is -2.13. The van der Waals surface area contributed by atoms with Crippen molar-refractivity contribution in [2.24, 2.45) is 0 Å². The van der Waals surface area contributed by atoms with Crippen LogP contribution in [0.4, 0.5) is 13.2 Å². The number of hydrogen-bond acceptors (Lipinski definition) is 4. The molecule has 0 spiro atoms. The summed E-state index contributed by atoms with van der Waals surface area (Å²) < 4.78 is 52.9. The van der Waals surface area contributed by atoms with Gasteiger partial charge in [0.1, 0.15) is 6.26 Å². The fraction of sp³-hybridized carbons (Fsp3) is 0.318. The summed E-state index contributed by atoms with van der Waals surface area (Å²) in [5.41, 5.74) is 2.16. The van der Waals surface area contributed by atoms with E-state index in [-0.39, 0.29) is 17.8 Å². The van der Waals surface area contributed by atoms with Crippen molar-refractivity contribution in [2.75, 3.05) is 6.26 Å². The fourth-order valence-corrected chi connectivity index (χ4v) is 3.76. The first-order valence-electron chi connectivity index (χ1n) is 9.73. The lowest BCUT2D eigenvalue weighted by atomic mass is 10.00. The molecule has 0 radical (unpaired) electrons. The van der Waals surface area contributed by atoms with Crippen molar-refractivity contribution in [1.29, 1.82) is 0 Å². The Morgan fingerprint density at radius 2 is 1.74 bits per heavy atom. The van der Waals surface area contributed by atoms with E-state index in [0.717, 1.165) is 24.5 Å². The SMILES string of the molecule is CCc1ccc(Cn2cc(-c3cc(C(F)(F)F)nc([S+](C)[O-])n3)ccc2=O)cc1CC. The first-order chi connectivity index (χ1) is 14.6. The van der Waals surface area contributed by atoms with Crippen molar-refractivity contribution in [3.63, 3.8) is 0 Å². The van der Waals surface area contributed by atoms with E-state index in [1.807, 2.05) is 18.2 Å². The van der Waals surface area contributed by atoms with Gasteiger partial charge in [-0.25, -0.2) is 0 Å². The molecule has 0 fully saturated rings. The van der Waals surface area contributed by atoms with Crippen LogP contribution >= 0.6 is 0 Å². The van der Waals surface area contributed by atoms with E-state index in [9.17, 15) is 22.5 Å². The molecule has 1 unspecified atom stereocenters. The Bertz CT molecular complexity index is 1140. The highest BCUT2D eigenvalue weighted by molar-refractivity contribution is 7.90. The molecule has 0 amide bonds. The number of nitrogens with zero attached hydrogens (tertiary/aromatic N) is 3. The minimum Gasteiger partial charge on any atom is -0.609 e. The average Bonchev–Trinajstić information content (AvgIpc) is 2.74. The normalized spacial score (nSPS) is 12.7. The van der Waals surface area contributed by atoms with Crippen molar-refractivity contribution in [3.05, 3.63) is 75.3 Å². The van der Waals surface area contributed by atoms with E-state index in [1.54, 1.807) is 0 Å². The predicted molar refractivity (Wildman–Crippen MR) is 113 cm³/mol. The summed E-state index contributed by atoms with van der Waals surface area (Å²) in [5.74, 6) is 0. The van der Waals surface area contributed by atoms with Gasteiger partial charge in [-0.3, -0.25) is 4.79 Å². The van der Waals surface area contributed by atoms with Crippen LogP contribution in [-0.2, 0) is 36.7 Å². The van der Waals surface area contributed by atoms with E-state index < -0.39 is 28.2 Å². The van der Waals surface area contributed by atoms with Crippen LogP contribution in [0.3, 0.4) is 0 Å². The van der Waals surface area contributed by atoms with Crippen LogP contribution < -0.4 is 5.56 Å². The second-order valence-electron chi connectivity index (χ2n) is 7.07. The highest BCUT2D eigenvalue weighted by atomic mass is 32.2. The number of aryl methyl sites for hydroxylation is 2. The van der Waals surface area contributed by atoms with E-state index in [0.29, 0.717) is 5.56 Å². The van der Waals surface area contributed by atoms with E-state index in [2.05, 4.69) is 23.8 Å². The van der Waals surface area contributed by atoms with E-state index >= 15 is 0 Å². The molecule has 31 heavy (non-hydrogen) atoms. The minimum atomic E-state index is -4.71. The summed E-state index contributed by atoms with van der Waals surface area (Å²) in [4.78, 5) is 19.8. The summed E-state index contributed by atoms with van der Waals surface area (Å²) >= 11 is -1.80. The van der Waals surface area contributed by atoms with Crippen molar-refractivity contribution < 1.29 is 17.7 Å². The third-order valence-corrected chi connectivity index (χ3v) is 5.61. The van der Waals surface area contributed by atoms with Gasteiger partial charge in [0.2, 0.25) is 0 Å². The molecule has 0 bridgehead atoms. The molecule has 5 nitrogen and oxygen atoms in total. The Kier molecular flexibility index (Phi) is 6.86. The van der Waals surface area contributed by atoms with Crippen LogP contribution in [0, 0.1) is 0 Å². The smallest absolute Gasteiger partial charge is 0.433 e. The molecule has 1 aromatic carbocycles. The molecule has 0 aliphatic heterocycles. The third-order valence-electron chi connectivity index (χ3n) is 4.92. The number of halogens is 3. The van der Waals surface area contributed by atoms with E-state index in [4.69, 9.17) is 0 Å². The molecule has 0 saturated carbocycles. The highest BCUT2D eigenvalue weighted by Gasteiger charge is 2.35. The number of rotatable bonds is 6. The Morgan fingerprint density at radius 3 is 2.35 bits per heavy atom. The second-order valence-corrected chi connectivity index (χ2v) is 8.34. The van der Waals surface area contributed by atoms with Gasteiger partial charge in [0, 0.05) is 29.0 Å². The molecule has 0 aliphatic rings. The molecule has 0 N–H and O–H groups in total. The summed E-state index contributed by atoms with van der Waals surface area (Å²) in [7, 11) is 0. The van der Waals surface area contributed by atoms with Crippen molar-refractivity contribution in [3.8, 4) is 11.3 Å². The molecule has 0 aliphatic carbocycles. The number of hydrogen-bond donors (Lipinski definition) is 0. The van der Waals surface area contributed by atoms with Crippen molar-refractivity contribution in [2.45, 2.75) is 44.6 Å². The van der Waals surface area contributed by atoms with Crippen LogP contribution in [0.1, 0.15) is 36.2 Å². The van der Waals surface area contributed by atoms with Gasteiger partial charge in [-0.1, -0.05) is 32.0 Å². The van der Waals surface area contributed by atoms with Gasteiger partial charge in [0.25, 0.3) is 5.56 Å². The second kappa shape index (κ2) is 9.23. The molecule has 3 rings (SSSR count). The molecule has 2 heterocycles. The molecule has 3 aromatic rings. The summed E-state index contributed by atoms with van der Waals surface area (Å²) in [6, 6.07) is 9.51. The van der Waals surface area contributed by atoms with E-state index in [1.165, 1.54) is 40.3 Å². The van der Waals surface area contributed by atoms with Crippen LogP contribution in [0.15, 0.2) is 52.5 Å². The fourth-order valence-electron chi connectivity index (χ4n) is 3.30. The number of alkyl halides is 3. The molecule has 1 atom stereocenters. The Morgan fingerprint density at radius 1 is 1.03 bits per heavy atom. The van der Waals surface area contributed by atoms with Crippen LogP contribution in [0.5, 0.6) is 0 Å². The van der Waals surface area contributed by atoms with Crippen molar-refractivity contribution in [1.82, 2.24) is 14.5 Å². The molecular weight excluding hydrogens is 427 g/mol. The Labute approximate surface area is 181 Å². The number of benzene rings is 1. The molecule has 2 aromatic heterocycles. The van der Waals surface area contributed by atoms with Gasteiger partial charge < -0.3 is 9.12 Å². The van der Waals surface area contributed by atoms with Crippen molar-refractivity contribution >= 4 is 11.2 Å². The Hall–Kier alpha value is -2.65. The predicted octanol–water partition coefficient (Wildman–Crippen LogP) is 4.23. The zero-order chi connectivity index (χ0) is 22.8. The van der Waals surface area contributed by atoms with Gasteiger partial charge in [-0.2, -0.15) is 23.1 Å². The molecule has 0 saturated heterocycles. The van der Waals surface area contributed by atoms with Gasteiger partial charge in [0.05, 0.1) is 12.2 Å². The summed E-state index contributed by atoms with van der Waals surface area (Å²) in [6.45, 7) is 4.41. The van der Waals surface area contributed by atoms with Crippen LogP contribution in [-0.4, -0.2) is 25.3 Å². The number of aromatic nitrogens is 3. The van der Waals surface area contributed by atoms with Gasteiger partial charge >= 0.3 is 11.3 Å². The number of pyridine rings is 1.